The van der Waals surface area contributed by atoms with E-state index in [-0.39, 0.29) is 0 Å². The number of fused-ring (bicyclic) bond motifs is 3. The predicted octanol–water partition coefficient (Wildman–Crippen LogP) is 2.08. The van der Waals surface area contributed by atoms with Gasteiger partial charge in [0.2, 0.25) is 5.91 Å². The molecule has 3 atom stereocenters. The van der Waals surface area contributed by atoms with E-state index in [4.69, 9.17) is 0 Å². The van der Waals surface area contributed by atoms with E-state index in [0.717, 1.165) is 63.9 Å². The van der Waals surface area contributed by atoms with Gasteiger partial charge in [0.25, 0.3) is 0 Å². The molecule has 142 valence electrons. The second-order valence-corrected chi connectivity index (χ2v) is 8.88. The number of aromatic nitrogens is 3. The van der Waals surface area contributed by atoms with E-state index in [9.17, 15) is 4.79 Å². The summed E-state index contributed by atoms with van der Waals surface area (Å²) in [5.74, 6) is 4.62. The summed E-state index contributed by atoms with van der Waals surface area (Å²) in [6.45, 7) is 5.65. The van der Waals surface area contributed by atoms with Crippen molar-refractivity contribution in [1.29, 1.82) is 0 Å². The molecule has 0 spiro atoms. The van der Waals surface area contributed by atoms with Crippen molar-refractivity contribution < 1.29 is 4.79 Å². The number of hydrogen-bond acceptors (Lipinski definition) is 4. The first-order chi connectivity index (χ1) is 12.8. The topological polar surface area (TPSA) is 54.3 Å². The summed E-state index contributed by atoms with van der Waals surface area (Å²) in [6, 6.07) is 0. The molecule has 2 aliphatic heterocycles. The molecule has 6 heteroatoms. The maximum atomic E-state index is 12.9. The van der Waals surface area contributed by atoms with Crippen LogP contribution in [-0.2, 0) is 24.3 Å². The Morgan fingerprint density at radius 1 is 0.962 bits per heavy atom. The summed E-state index contributed by atoms with van der Waals surface area (Å²) in [7, 11) is 0. The van der Waals surface area contributed by atoms with Crippen LogP contribution in [0.5, 0.6) is 0 Å². The van der Waals surface area contributed by atoms with Gasteiger partial charge in [0.1, 0.15) is 11.6 Å². The summed E-state index contributed by atoms with van der Waals surface area (Å²) in [5.41, 5.74) is 0. The van der Waals surface area contributed by atoms with E-state index < -0.39 is 0 Å². The quantitative estimate of drug-likeness (QED) is 0.831. The lowest BCUT2D eigenvalue weighted by Crippen LogP contribution is -2.50. The summed E-state index contributed by atoms with van der Waals surface area (Å²) >= 11 is 0. The third-order valence-corrected chi connectivity index (χ3v) is 7.29. The second-order valence-electron chi connectivity index (χ2n) is 8.88. The molecule has 1 aromatic heterocycles. The fourth-order valence-electron chi connectivity index (χ4n) is 5.77. The minimum absolute atomic E-state index is 0.340. The van der Waals surface area contributed by atoms with Crippen LogP contribution < -0.4 is 0 Å². The molecule has 1 saturated heterocycles. The summed E-state index contributed by atoms with van der Waals surface area (Å²) in [4.78, 5) is 17.5. The monoisotopic (exact) mass is 357 g/mol. The third kappa shape index (κ3) is 3.06. The third-order valence-electron chi connectivity index (χ3n) is 7.29. The van der Waals surface area contributed by atoms with E-state index in [0.29, 0.717) is 17.7 Å². The lowest BCUT2D eigenvalue weighted by Gasteiger charge is -2.37. The Morgan fingerprint density at radius 3 is 2.62 bits per heavy atom. The van der Waals surface area contributed by atoms with Gasteiger partial charge in [-0.15, -0.1) is 10.2 Å². The smallest absolute Gasteiger partial charge is 0.226 e. The molecule has 26 heavy (non-hydrogen) atoms. The van der Waals surface area contributed by atoms with Crippen molar-refractivity contribution in [1.82, 2.24) is 24.6 Å². The van der Waals surface area contributed by atoms with Crippen molar-refractivity contribution in [2.45, 2.75) is 64.5 Å². The first kappa shape index (κ1) is 16.7. The Balaban J connectivity index is 1.16. The minimum Gasteiger partial charge on any atom is -0.340 e. The Labute approximate surface area is 155 Å². The molecule has 6 nitrogen and oxygen atoms in total. The molecule has 0 N–H and O–H groups in total. The van der Waals surface area contributed by atoms with Crippen LogP contribution in [0.2, 0.25) is 0 Å². The lowest BCUT2D eigenvalue weighted by molar-refractivity contribution is -0.139. The van der Waals surface area contributed by atoms with Crippen molar-refractivity contribution >= 4 is 5.91 Å². The highest BCUT2D eigenvalue weighted by Gasteiger charge is 2.44. The van der Waals surface area contributed by atoms with Gasteiger partial charge >= 0.3 is 0 Å². The predicted molar refractivity (Wildman–Crippen MR) is 98.4 cm³/mol. The zero-order valence-corrected chi connectivity index (χ0v) is 15.8. The van der Waals surface area contributed by atoms with E-state index in [2.05, 4.69) is 24.6 Å². The van der Waals surface area contributed by atoms with Crippen LogP contribution in [0.3, 0.4) is 0 Å². The first-order valence-corrected chi connectivity index (χ1v) is 10.7. The van der Waals surface area contributed by atoms with Crippen LogP contribution in [0.25, 0.3) is 0 Å². The SMILES string of the molecule is O=C(C1CC2CCC1C2)N1CCN(Cc2nnc3n2CCCCC3)CC1. The van der Waals surface area contributed by atoms with Gasteiger partial charge < -0.3 is 9.47 Å². The van der Waals surface area contributed by atoms with Crippen LogP contribution in [-0.4, -0.2) is 56.7 Å². The molecule has 0 radical (unpaired) electrons. The number of carbonyl (C=O) groups excluding carboxylic acids is 1. The standard InChI is InChI=1S/C20H31N5O/c26-20(17-13-15-5-6-16(17)12-15)24-10-8-23(9-11-24)14-19-22-21-18-4-2-1-3-7-25(18)19/h15-17H,1-14H2. The Bertz CT molecular complexity index is 663. The number of nitrogens with zero attached hydrogens (tertiary/aromatic N) is 5. The average Bonchev–Trinajstić information content (AvgIpc) is 3.35. The summed E-state index contributed by atoms with van der Waals surface area (Å²) in [6.07, 6.45) is 9.98. The first-order valence-electron chi connectivity index (χ1n) is 10.7. The van der Waals surface area contributed by atoms with Gasteiger partial charge in [0, 0.05) is 45.1 Å². The molecule has 2 aliphatic carbocycles. The number of aryl methyl sites for hydroxylation is 1. The minimum atomic E-state index is 0.340. The molecule has 5 rings (SSSR count). The zero-order valence-electron chi connectivity index (χ0n) is 15.8. The Morgan fingerprint density at radius 2 is 1.85 bits per heavy atom. The fraction of sp³-hybridized carbons (Fsp3) is 0.850. The molecular weight excluding hydrogens is 326 g/mol. The van der Waals surface area contributed by atoms with Gasteiger partial charge in [0.05, 0.1) is 6.54 Å². The molecule has 2 saturated carbocycles. The van der Waals surface area contributed by atoms with Crippen LogP contribution in [0.15, 0.2) is 0 Å². The molecule has 2 bridgehead atoms. The molecule has 3 fully saturated rings. The van der Waals surface area contributed by atoms with Crippen molar-refractivity contribution in [2.75, 3.05) is 26.2 Å². The summed E-state index contributed by atoms with van der Waals surface area (Å²) in [5, 5.41) is 8.89. The molecule has 1 amide bonds. The van der Waals surface area contributed by atoms with E-state index in [1.165, 1.54) is 44.3 Å². The Kier molecular flexibility index (Phi) is 4.47. The highest BCUT2D eigenvalue weighted by Crippen LogP contribution is 2.48. The fourth-order valence-corrected chi connectivity index (χ4v) is 5.77. The number of rotatable bonds is 3. The molecule has 4 aliphatic rings. The molecule has 0 aromatic carbocycles. The van der Waals surface area contributed by atoms with E-state index in [1.807, 2.05) is 0 Å². The maximum Gasteiger partial charge on any atom is 0.226 e. The number of carbonyl (C=O) groups is 1. The van der Waals surface area contributed by atoms with Crippen LogP contribution in [0.4, 0.5) is 0 Å². The van der Waals surface area contributed by atoms with Crippen LogP contribution in [0.1, 0.15) is 56.6 Å². The molecule has 1 aromatic rings. The van der Waals surface area contributed by atoms with Crippen molar-refractivity contribution in [3.05, 3.63) is 11.6 Å². The van der Waals surface area contributed by atoms with Crippen molar-refractivity contribution in [3.63, 3.8) is 0 Å². The van der Waals surface area contributed by atoms with Gasteiger partial charge in [-0.25, -0.2) is 0 Å². The normalized spacial score (nSPS) is 31.8. The van der Waals surface area contributed by atoms with Crippen LogP contribution >= 0.6 is 0 Å². The van der Waals surface area contributed by atoms with Gasteiger partial charge in [-0.2, -0.15) is 0 Å². The highest BCUT2D eigenvalue weighted by atomic mass is 16.2. The van der Waals surface area contributed by atoms with E-state index >= 15 is 0 Å². The van der Waals surface area contributed by atoms with Gasteiger partial charge in [-0.1, -0.05) is 12.8 Å². The van der Waals surface area contributed by atoms with Crippen molar-refractivity contribution in [3.8, 4) is 0 Å². The highest BCUT2D eigenvalue weighted by molar-refractivity contribution is 5.79. The lowest BCUT2D eigenvalue weighted by atomic mass is 9.87. The Hall–Kier alpha value is -1.43. The maximum absolute atomic E-state index is 12.9. The zero-order chi connectivity index (χ0) is 17.5. The van der Waals surface area contributed by atoms with Gasteiger partial charge in [-0.05, 0) is 43.9 Å². The van der Waals surface area contributed by atoms with Crippen LogP contribution in [0, 0.1) is 17.8 Å². The number of hydrogen-bond donors (Lipinski definition) is 0. The molecule has 3 heterocycles. The number of piperazine rings is 1. The largest absolute Gasteiger partial charge is 0.340 e. The van der Waals surface area contributed by atoms with Crippen molar-refractivity contribution in [2.24, 2.45) is 17.8 Å². The molecule has 3 unspecified atom stereocenters. The summed E-state index contributed by atoms with van der Waals surface area (Å²) < 4.78 is 2.35. The van der Waals surface area contributed by atoms with Gasteiger partial charge in [0.15, 0.2) is 0 Å². The van der Waals surface area contributed by atoms with Gasteiger partial charge in [-0.3, -0.25) is 9.69 Å². The second kappa shape index (κ2) is 6.95. The average molecular weight is 358 g/mol. The number of amides is 1. The van der Waals surface area contributed by atoms with E-state index in [1.54, 1.807) is 0 Å². The molecular formula is C20H31N5O.